The maximum absolute atomic E-state index is 13.3. The Kier molecular flexibility index (Phi) is 5.42. The molecule has 168 valence electrons. The summed E-state index contributed by atoms with van der Waals surface area (Å²) in [5.74, 6) is 3.22. The molecule has 2 aromatic heterocycles. The lowest BCUT2D eigenvalue weighted by atomic mass is 10.1. The largest absolute Gasteiger partial charge is 0.363 e. The molecule has 1 aliphatic heterocycles. The molecule has 0 radical (unpaired) electrons. The smallest absolute Gasteiger partial charge is 0.254 e. The van der Waals surface area contributed by atoms with Crippen molar-refractivity contribution in [3.05, 3.63) is 66.0 Å². The Labute approximate surface area is 192 Å². The summed E-state index contributed by atoms with van der Waals surface area (Å²) < 4.78 is 5.58. The molecule has 0 bridgehead atoms. The van der Waals surface area contributed by atoms with Gasteiger partial charge in [0.05, 0.1) is 5.39 Å². The molecule has 1 saturated heterocycles. The van der Waals surface area contributed by atoms with Crippen molar-refractivity contribution < 1.29 is 9.32 Å². The highest BCUT2D eigenvalue weighted by Gasteiger charge is 2.24. The Morgan fingerprint density at radius 1 is 0.970 bits per heavy atom. The number of amides is 1. The summed E-state index contributed by atoms with van der Waals surface area (Å²) in [5.41, 5.74) is 2.32. The normalized spacial score (nSPS) is 14.0. The number of carbonyl (C=O) groups is 1. The molecule has 0 aliphatic carbocycles. The minimum Gasteiger partial charge on any atom is -0.363 e. The second-order valence-electron chi connectivity index (χ2n) is 8.41. The molecule has 3 heterocycles. The van der Waals surface area contributed by atoms with Crippen molar-refractivity contribution in [3.8, 4) is 11.3 Å². The molecule has 0 unspecified atom stereocenters. The highest BCUT2D eigenvalue weighted by Crippen LogP contribution is 2.29. The van der Waals surface area contributed by atoms with Crippen LogP contribution in [0.2, 0.25) is 0 Å². The van der Waals surface area contributed by atoms with E-state index in [-0.39, 0.29) is 5.91 Å². The van der Waals surface area contributed by atoms with Crippen LogP contribution < -0.4 is 9.80 Å². The Balaban J connectivity index is 1.33. The summed E-state index contributed by atoms with van der Waals surface area (Å²) in [6.07, 6.45) is 0. The standard InChI is InChI=1S/C25H26N6O2/c1-17-26-22(29(2)3)16-23(27-17)30-11-13-31(14-12-30)25(32)19-9-10-21-20(15-19)24(33-28-21)18-7-5-4-6-8-18/h4-10,15-16H,11-14H2,1-3H3. The number of hydrogen-bond acceptors (Lipinski definition) is 7. The quantitative estimate of drug-likeness (QED) is 0.478. The van der Waals surface area contributed by atoms with Crippen LogP contribution >= 0.6 is 0 Å². The van der Waals surface area contributed by atoms with Gasteiger partial charge in [-0.3, -0.25) is 4.79 Å². The molecule has 0 spiro atoms. The van der Waals surface area contributed by atoms with E-state index in [4.69, 9.17) is 4.52 Å². The van der Waals surface area contributed by atoms with Gasteiger partial charge in [0.1, 0.15) is 23.0 Å². The minimum absolute atomic E-state index is 0.0182. The lowest BCUT2D eigenvalue weighted by Crippen LogP contribution is -2.49. The molecule has 33 heavy (non-hydrogen) atoms. The van der Waals surface area contributed by atoms with Crippen LogP contribution in [0.3, 0.4) is 0 Å². The van der Waals surface area contributed by atoms with Gasteiger partial charge in [0.15, 0.2) is 5.76 Å². The number of aromatic nitrogens is 3. The van der Waals surface area contributed by atoms with E-state index in [1.54, 1.807) is 0 Å². The van der Waals surface area contributed by atoms with Gasteiger partial charge >= 0.3 is 0 Å². The maximum Gasteiger partial charge on any atom is 0.254 e. The van der Waals surface area contributed by atoms with E-state index in [2.05, 4.69) is 20.0 Å². The zero-order chi connectivity index (χ0) is 22.9. The molecule has 5 rings (SSSR count). The average molecular weight is 443 g/mol. The van der Waals surface area contributed by atoms with Crippen LogP contribution in [0.1, 0.15) is 16.2 Å². The van der Waals surface area contributed by atoms with E-state index in [0.29, 0.717) is 24.4 Å². The van der Waals surface area contributed by atoms with E-state index in [0.717, 1.165) is 47.0 Å². The molecule has 0 atom stereocenters. The fraction of sp³-hybridized carbons (Fsp3) is 0.280. The first-order chi connectivity index (χ1) is 16.0. The number of hydrogen-bond donors (Lipinski definition) is 0. The van der Waals surface area contributed by atoms with Crippen molar-refractivity contribution in [2.45, 2.75) is 6.92 Å². The van der Waals surface area contributed by atoms with Gasteiger partial charge in [-0.1, -0.05) is 35.5 Å². The lowest BCUT2D eigenvalue weighted by Gasteiger charge is -2.35. The van der Waals surface area contributed by atoms with Crippen LogP contribution in [-0.4, -0.2) is 66.2 Å². The second-order valence-corrected chi connectivity index (χ2v) is 8.41. The van der Waals surface area contributed by atoms with Gasteiger partial charge in [-0.05, 0) is 25.1 Å². The van der Waals surface area contributed by atoms with Crippen molar-refractivity contribution >= 4 is 28.4 Å². The zero-order valence-corrected chi connectivity index (χ0v) is 19.0. The van der Waals surface area contributed by atoms with Crippen molar-refractivity contribution in [1.82, 2.24) is 20.0 Å². The topological polar surface area (TPSA) is 78.6 Å². The van der Waals surface area contributed by atoms with Crippen LogP contribution in [0, 0.1) is 6.92 Å². The third kappa shape index (κ3) is 4.11. The highest BCUT2D eigenvalue weighted by molar-refractivity contribution is 6.01. The number of aryl methyl sites for hydroxylation is 1. The van der Waals surface area contributed by atoms with Crippen molar-refractivity contribution in [3.63, 3.8) is 0 Å². The van der Waals surface area contributed by atoms with Crippen molar-refractivity contribution in [2.24, 2.45) is 0 Å². The number of anilines is 2. The monoisotopic (exact) mass is 442 g/mol. The molecule has 2 aromatic carbocycles. The molecule has 1 amide bonds. The number of nitrogens with zero attached hydrogens (tertiary/aromatic N) is 6. The van der Waals surface area contributed by atoms with Crippen LogP contribution in [0.4, 0.5) is 11.6 Å². The van der Waals surface area contributed by atoms with Gasteiger partial charge in [0.25, 0.3) is 5.91 Å². The van der Waals surface area contributed by atoms with Crippen molar-refractivity contribution in [1.29, 1.82) is 0 Å². The third-order valence-electron chi connectivity index (χ3n) is 5.92. The molecular formula is C25H26N6O2. The first-order valence-electron chi connectivity index (χ1n) is 11.0. The third-order valence-corrected chi connectivity index (χ3v) is 5.92. The molecular weight excluding hydrogens is 416 g/mol. The summed E-state index contributed by atoms with van der Waals surface area (Å²) in [5, 5.41) is 5.00. The zero-order valence-electron chi connectivity index (χ0n) is 19.0. The van der Waals surface area contributed by atoms with E-state index in [1.165, 1.54) is 0 Å². The van der Waals surface area contributed by atoms with Gasteiger partial charge in [-0.2, -0.15) is 0 Å². The first kappa shape index (κ1) is 20.9. The molecule has 1 fully saturated rings. The molecule has 8 nitrogen and oxygen atoms in total. The molecule has 1 aliphatic rings. The van der Waals surface area contributed by atoms with Gasteiger partial charge < -0.3 is 19.2 Å². The molecule has 0 N–H and O–H groups in total. The molecule has 0 saturated carbocycles. The number of benzene rings is 2. The van der Waals surface area contributed by atoms with E-state index in [9.17, 15) is 4.79 Å². The number of piperazine rings is 1. The highest BCUT2D eigenvalue weighted by atomic mass is 16.5. The summed E-state index contributed by atoms with van der Waals surface area (Å²) in [6.45, 7) is 4.61. The SMILES string of the molecule is Cc1nc(N(C)C)cc(N2CCN(C(=O)c3ccc4noc(-c5ccccc5)c4c3)CC2)n1. The fourth-order valence-electron chi connectivity index (χ4n) is 4.12. The predicted octanol–water partition coefficient (Wildman–Crippen LogP) is 3.62. The van der Waals surface area contributed by atoms with Crippen molar-refractivity contribution in [2.75, 3.05) is 50.1 Å². The Bertz CT molecular complexity index is 1290. The van der Waals surface area contributed by atoms with Gasteiger partial charge in [-0.15, -0.1) is 0 Å². The average Bonchev–Trinajstić information content (AvgIpc) is 3.27. The summed E-state index contributed by atoms with van der Waals surface area (Å²) >= 11 is 0. The van der Waals surface area contributed by atoms with Crippen LogP contribution in [0.15, 0.2) is 59.1 Å². The fourth-order valence-corrected chi connectivity index (χ4v) is 4.12. The van der Waals surface area contributed by atoms with Crippen LogP contribution in [-0.2, 0) is 0 Å². The van der Waals surface area contributed by atoms with E-state index >= 15 is 0 Å². The Hall–Kier alpha value is -3.94. The molecule has 8 heteroatoms. The van der Waals surface area contributed by atoms with Crippen LogP contribution in [0.5, 0.6) is 0 Å². The van der Waals surface area contributed by atoms with Crippen LogP contribution in [0.25, 0.3) is 22.2 Å². The van der Waals surface area contributed by atoms with Gasteiger partial charge in [0, 0.05) is 57.5 Å². The Morgan fingerprint density at radius 2 is 1.73 bits per heavy atom. The van der Waals surface area contributed by atoms with E-state index in [1.807, 2.05) is 85.4 Å². The lowest BCUT2D eigenvalue weighted by molar-refractivity contribution is 0.0746. The van der Waals surface area contributed by atoms with Gasteiger partial charge in [-0.25, -0.2) is 9.97 Å². The molecule has 4 aromatic rings. The maximum atomic E-state index is 13.3. The number of carbonyl (C=O) groups excluding carboxylic acids is 1. The summed E-state index contributed by atoms with van der Waals surface area (Å²) in [7, 11) is 3.94. The van der Waals surface area contributed by atoms with Gasteiger partial charge in [0.2, 0.25) is 0 Å². The minimum atomic E-state index is 0.0182. The Morgan fingerprint density at radius 3 is 2.45 bits per heavy atom. The summed E-state index contributed by atoms with van der Waals surface area (Å²) in [6, 6.07) is 17.4. The number of rotatable bonds is 4. The first-order valence-corrected chi connectivity index (χ1v) is 11.0. The number of fused-ring (bicyclic) bond motifs is 1. The second kappa shape index (κ2) is 8.54. The van der Waals surface area contributed by atoms with E-state index < -0.39 is 0 Å². The summed E-state index contributed by atoms with van der Waals surface area (Å²) in [4.78, 5) is 28.4. The predicted molar refractivity (Wildman–Crippen MR) is 129 cm³/mol.